The summed E-state index contributed by atoms with van der Waals surface area (Å²) < 4.78 is 0. The van der Waals surface area contributed by atoms with Crippen molar-refractivity contribution in [3.05, 3.63) is 59.7 Å². The molecule has 3 rings (SSSR count). The molecule has 1 aliphatic carbocycles. The van der Waals surface area contributed by atoms with E-state index >= 15 is 0 Å². The van der Waals surface area contributed by atoms with Gasteiger partial charge in [0.25, 0.3) is 0 Å². The summed E-state index contributed by atoms with van der Waals surface area (Å²) >= 11 is 0. The van der Waals surface area contributed by atoms with Gasteiger partial charge in [0.15, 0.2) is 0 Å². The summed E-state index contributed by atoms with van der Waals surface area (Å²) in [6.45, 7) is 7.09. The summed E-state index contributed by atoms with van der Waals surface area (Å²) in [5.74, 6) is 2.72. The van der Waals surface area contributed by atoms with E-state index in [-0.39, 0.29) is 5.41 Å². The molecule has 2 heteroatoms. The highest BCUT2D eigenvalue weighted by Crippen LogP contribution is 2.48. The van der Waals surface area contributed by atoms with Crippen molar-refractivity contribution in [3.63, 3.8) is 0 Å². The van der Waals surface area contributed by atoms with Crippen LogP contribution in [0.2, 0.25) is 0 Å². The first-order valence-electron chi connectivity index (χ1n) is 11.0. The van der Waals surface area contributed by atoms with Crippen molar-refractivity contribution in [2.24, 2.45) is 11.8 Å². The van der Waals surface area contributed by atoms with E-state index in [1.807, 2.05) is 24.3 Å². The van der Waals surface area contributed by atoms with Gasteiger partial charge in [-0.15, -0.1) is 0 Å². The van der Waals surface area contributed by atoms with Crippen molar-refractivity contribution < 1.29 is 10.2 Å². The molecule has 0 saturated heterocycles. The van der Waals surface area contributed by atoms with Crippen LogP contribution >= 0.6 is 0 Å². The van der Waals surface area contributed by atoms with Crippen LogP contribution in [0.1, 0.15) is 82.8 Å². The van der Waals surface area contributed by atoms with E-state index in [9.17, 15) is 10.2 Å². The fraction of sp³-hybridized carbons (Fsp3) is 0.538. The third-order valence-corrected chi connectivity index (χ3v) is 7.39. The maximum absolute atomic E-state index is 9.77. The average Bonchev–Trinajstić information content (AvgIpc) is 2.73. The minimum atomic E-state index is 0.157. The first kappa shape index (κ1) is 20.8. The molecule has 1 unspecified atom stereocenters. The number of benzene rings is 2. The van der Waals surface area contributed by atoms with E-state index in [2.05, 4.69) is 45.0 Å². The maximum Gasteiger partial charge on any atom is 0.115 e. The fourth-order valence-corrected chi connectivity index (χ4v) is 5.35. The van der Waals surface area contributed by atoms with Crippen LogP contribution in [0.15, 0.2) is 48.5 Å². The van der Waals surface area contributed by atoms with E-state index < -0.39 is 0 Å². The van der Waals surface area contributed by atoms with Crippen LogP contribution in [-0.2, 0) is 5.41 Å². The third-order valence-electron chi connectivity index (χ3n) is 7.39. The summed E-state index contributed by atoms with van der Waals surface area (Å²) in [7, 11) is 0. The summed E-state index contributed by atoms with van der Waals surface area (Å²) in [5.41, 5.74) is 2.90. The summed E-state index contributed by atoms with van der Waals surface area (Å²) in [4.78, 5) is 0. The molecule has 0 radical (unpaired) electrons. The number of phenolic OH excluding ortho intramolecular Hbond substituents is 2. The fourth-order valence-electron chi connectivity index (χ4n) is 5.35. The quantitative estimate of drug-likeness (QED) is 0.535. The molecule has 1 fully saturated rings. The Labute approximate surface area is 170 Å². The predicted octanol–water partition coefficient (Wildman–Crippen LogP) is 7.16. The third kappa shape index (κ3) is 4.54. The Bertz CT molecular complexity index is 722. The maximum atomic E-state index is 9.77. The van der Waals surface area contributed by atoms with Crippen LogP contribution in [0.4, 0.5) is 0 Å². The molecule has 1 saturated carbocycles. The van der Waals surface area contributed by atoms with E-state index in [0.29, 0.717) is 23.3 Å². The van der Waals surface area contributed by atoms with Gasteiger partial charge in [0.05, 0.1) is 0 Å². The molecule has 2 N–H and O–H groups in total. The van der Waals surface area contributed by atoms with Crippen molar-refractivity contribution in [1.29, 1.82) is 0 Å². The molecule has 2 aromatic rings. The first-order valence-corrected chi connectivity index (χ1v) is 11.0. The number of phenols is 2. The molecule has 2 aromatic carbocycles. The van der Waals surface area contributed by atoms with E-state index in [0.717, 1.165) is 5.92 Å². The molecule has 0 aromatic heterocycles. The molecule has 0 bridgehead atoms. The highest BCUT2D eigenvalue weighted by Gasteiger charge is 2.39. The summed E-state index contributed by atoms with van der Waals surface area (Å²) in [6.07, 6.45) is 8.59. The molecular weight excluding hydrogens is 344 g/mol. The van der Waals surface area contributed by atoms with Crippen LogP contribution in [0, 0.1) is 11.8 Å². The van der Waals surface area contributed by atoms with Crippen molar-refractivity contribution in [2.75, 3.05) is 0 Å². The van der Waals surface area contributed by atoms with E-state index in [4.69, 9.17) is 0 Å². The molecule has 2 nitrogen and oxygen atoms in total. The minimum Gasteiger partial charge on any atom is -0.508 e. The number of rotatable bonds is 7. The molecule has 1 aliphatic rings. The van der Waals surface area contributed by atoms with Gasteiger partial charge >= 0.3 is 0 Å². The van der Waals surface area contributed by atoms with Gasteiger partial charge in [-0.3, -0.25) is 0 Å². The van der Waals surface area contributed by atoms with Crippen molar-refractivity contribution in [3.8, 4) is 11.5 Å². The lowest BCUT2D eigenvalue weighted by Crippen LogP contribution is -2.36. The highest BCUT2D eigenvalue weighted by molar-refractivity contribution is 5.33. The second kappa shape index (κ2) is 9.03. The zero-order valence-corrected chi connectivity index (χ0v) is 17.7. The van der Waals surface area contributed by atoms with Crippen molar-refractivity contribution in [1.82, 2.24) is 0 Å². The largest absolute Gasteiger partial charge is 0.508 e. The van der Waals surface area contributed by atoms with Gasteiger partial charge < -0.3 is 10.2 Å². The monoisotopic (exact) mass is 380 g/mol. The zero-order valence-electron chi connectivity index (χ0n) is 17.7. The Kier molecular flexibility index (Phi) is 6.69. The second-order valence-corrected chi connectivity index (χ2v) is 8.99. The van der Waals surface area contributed by atoms with Crippen molar-refractivity contribution in [2.45, 2.75) is 77.0 Å². The molecule has 0 spiro atoms. The molecule has 28 heavy (non-hydrogen) atoms. The lowest BCUT2D eigenvalue weighted by Gasteiger charge is -2.44. The van der Waals surface area contributed by atoms with Gasteiger partial charge in [0.2, 0.25) is 0 Å². The standard InChI is InChI=1S/C26H36O2/c1-4-19(5-2)18-26(3,23-12-16-25(28)17-13-23)22-10-6-20(7-11-22)21-8-14-24(27)15-9-21/h8-9,12-17,19-20,22,27-28H,4-7,10-11,18H2,1-3H3. The minimum absolute atomic E-state index is 0.157. The van der Waals surface area contributed by atoms with Crippen LogP contribution < -0.4 is 0 Å². The Balaban J connectivity index is 1.79. The Morgan fingerprint density at radius 2 is 1.32 bits per heavy atom. The van der Waals surface area contributed by atoms with Gasteiger partial charge in [-0.25, -0.2) is 0 Å². The Hall–Kier alpha value is -1.96. The number of aromatic hydroxyl groups is 2. The molecule has 0 aliphatic heterocycles. The van der Waals surface area contributed by atoms with Crippen LogP contribution in [-0.4, -0.2) is 10.2 Å². The Morgan fingerprint density at radius 1 is 0.821 bits per heavy atom. The molecule has 0 heterocycles. The van der Waals surface area contributed by atoms with Gasteiger partial charge in [-0.2, -0.15) is 0 Å². The second-order valence-electron chi connectivity index (χ2n) is 8.99. The lowest BCUT2D eigenvalue weighted by atomic mass is 9.60. The lowest BCUT2D eigenvalue weighted by molar-refractivity contribution is 0.167. The SMILES string of the molecule is CCC(CC)CC(C)(c1ccc(O)cc1)C1CCC(c2ccc(O)cc2)CC1. The average molecular weight is 381 g/mol. The molecule has 0 amide bonds. The van der Waals surface area contributed by atoms with Crippen molar-refractivity contribution >= 4 is 0 Å². The molecule has 1 atom stereocenters. The molecular formula is C26H36O2. The van der Waals surface area contributed by atoms with Gasteiger partial charge in [-0.05, 0) is 90.7 Å². The normalized spacial score (nSPS) is 22.1. The summed E-state index contributed by atoms with van der Waals surface area (Å²) in [5, 5.41) is 19.3. The topological polar surface area (TPSA) is 40.5 Å². The van der Waals surface area contributed by atoms with E-state index in [1.54, 1.807) is 0 Å². The van der Waals surface area contributed by atoms with Crippen LogP contribution in [0.5, 0.6) is 11.5 Å². The number of hydrogen-bond acceptors (Lipinski definition) is 2. The van der Waals surface area contributed by atoms with Crippen LogP contribution in [0.3, 0.4) is 0 Å². The van der Waals surface area contributed by atoms with Gasteiger partial charge in [0.1, 0.15) is 11.5 Å². The number of hydrogen-bond donors (Lipinski definition) is 2. The zero-order chi connectivity index (χ0) is 20.1. The highest BCUT2D eigenvalue weighted by atomic mass is 16.3. The Morgan fingerprint density at radius 3 is 1.82 bits per heavy atom. The van der Waals surface area contributed by atoms with E-state index in [1.165, 1.54) is 56.1 Å². The van der Waals surface area contributed by atoms with Gasteiger partial charge in [-0.1, -0.05) is 57.9 Å². The first-order chi connectivity index (χ1) is 13.5. The van der Waals surface area contributed by atoms with Gasteiger partial charge in [0, 0.05) is 0 Å². The summed E-state index contributed by atoms with van der Waals surface area (Å²) in [6, 6.07) is 15.8. The molecule has 152 valence electrons. The van der Waals surface area contributed by atoms with Crippen LogP contribution in [0.25, 0.3) is 0 Å². The smallest absolute Gasteiger partial charge is 0.115 e. The predicted molar refractivity (Wildman–Crippen MR) is 117 cm³/mol.